The molecule has 19 heavy (non-hydrogen) atoms. The van der Waals surface area contributed by atoms with E-state index >= 15 is 0 Å². The Bertz CT molecular complexity index is 596. The van der Waals surface area contributed by atoms with Gasteiger partial charge >= 0.3 is 0 Å². The third kappa shape index (κ3) is 2.38. The summed E-state index contributed by atoms with van der Waals surface area (Å²) in [7, 11) is 1.95. The average molecular weight is 259 g/mol. The maximum atomic E-state index is 12.2. The van der Waals surface area contributed by atoms with E-state index in [9.17, 15) is 4.79 Å². The molecule has 3 rings (SSSR count). The molecule has 0 aromatic carbocycles. The fourth-order valence-corrected chi connectivity index (χ4v) is 2.24. The van der Waals surface area contributed by atoms with Crippen LogP contribution < -0.4 is 5.32 Å². The van der Waals surface area contributed by atoms with Gasteiger partial charge in [0.05, 0.1) is 6.04 Å². The van der Waals surface area contributed by atoms with Crippen LogP contribution in [0, 0.1) is 12.8 Å². The second kappa shape index (κ2) is 4.53. The first kappa shape index (κ1) is 12.0. The van der Waals surface area contributed by atoms with E-state index in [-0.39, 0.29) is 11.9 Å². The molecule has 100 valence electrons. The fraction of sp³-hybridized carbons (Fsp3) is 0.462. The molecule has 1 atom stereocenters. The topological polar surface area (TPSA) is 75.6 Å². The molecule has 2 heterocycles. The number of aromatic nitrogens is 4. The highest BCUT2D eigenvalue weighted by molar-refractivity contribution is 5.90. The van der Waals surface area contributed by atoms with E-state index < -0.39 is 0 Å². The number of nitrogens with zero attached hydrogens (tertiary/aromatic N) is 3. The Labute approximate surface area is 111 Å². The molecule has 0 saturated heterocycles. The van der Waals surface area contributed by atoms with Gasteiger partial charge in [-0.1, -0.05) is 0 Å². The molecule has 0 radical (unpaired) electrons. The van der Waals surface area contributed by atoms with Gasteiger partial charge in [-0.15, -0.1) is 0 Å². The van der Waals surface area contributed by atoms with E-state index in [2.05, 4.69) is 20.3 Å². The highest BCUT2D eigenvalue weighted by atomic mass is 16.2. The minimum Gasteiger partial charge on any atom is -0.339 e. The molecule has 0 aliphatic heterocycles. The van der Waals surface area contributed by atoms with Gasteiger partial charge in [-0.25, -0.2) is 9.97 Å². The summed E-state index contributed by atoms with van der Waals surface area (Å²) in [6, 6.07) is -0.0297. The van der Waals surface area contributed by atoms with Gasteiger partial charge in [0.15, 0.2) is 5.82 Å². The van der Waals surface area contributed by atoms with Crippen molar-refractivity contribution in [1.82, 2.24) is 24.8 Å². The molecule has 0 spiro atoms. The molecule has 2 N–H and O–H groups in total. The first-order valence-corrected chi connectivity index (χ1v) is 6.45. The van der Waals surface area contributed by atoms with Crippen LogP contribution in [0.15, 0.2) is 18.6 Å². The predicted molar refractivity (Wildman–Crippen MR) is 69.5 cm³/mol. The van der Waals surface area contributed by atoms with Crippen LogP contribution in [0.4, 0.5) is 0 Å². The SMILES string of the molecule is Cc1cnc(C(=O)N[C@H](c2nccn2C)C2CC2)[nH]1. The molecule has 1 amide bonds. The maximum Gasteiger partial charge on any atom is 0.287 e. The smallest absolute Gasteiger partial charge is 0.287 e. The van der Waals surface area contributed by atoms with Crippen LogP contribution in [0.3, 0.4) is 0 Å². The second-order valence-corrected chi connectivity index (χ2v) is 5.10. The summed E-state index contributed by atoms with van der Waals surface area (Å²) in [5.41, 5.74) is 0.880. The molecule has 2 aromatic heterocycles. The number of nitrogens with one attached hydrogen (secondary N) is 2. The molecule has 1 aliphatic rings. The van der Waals surface area contributed by atoms with Crippen molar-refractivity contribution >= 4 is 5.91 Å². The second-order valence-electron chi connectivity index (χ2n) is 5.10. The Morgan fingerprint density at radius 1 is 1.53 bits per heavy atom. The number of carbonyl (C=O) groups excluding carboxylic acids is 1. The van der Waals surface area contributed by atoms with Gasteiger partial charge in [0.2, 0.25) is 0 Å². The maximum absolute atomic E-state index is 12.2. The standard InChI is InChI=1S/C13H17N5O/c1-8-7-15-11(16-8)13(19)17-10(9-3-4-9)12-14-5-6-18(12)2/h5-7,9-10H,3-4H2,1-2H3,(H,15,16)(H,17,19)/t10-/m0/s1. The lowest BCUT2D eigenvalue weighted by atomic mass is 10.1. The predicted octanol–water partition coefficient (Wildman–Crippen LogP) is 1.33. The number of carbonyl (C=O) groups is 1. The van der Waals surface area contributed by atoms with Crippen molar-refractivity contribution in [3.8, 4) is 0 Å². The average Bonchev–Trinajstić information content (AvgIpc) is 3.00. The Hall–Kier alpha value is -2.11. The van der Waals surface area contributed by atoms with Crippen molar-refractivity contribution < 1.29 is 4.79 Å². The van der Waals surface area contributed by atoms with Crippen LogP contribution in [0.25, 0.3) is 0 Å². The van der Waals surface area contributed by atoms with Crippen molar-refractivity contribution in [2.75, 3.05) is 0 Å². The van der Waals surface area contributed by atoms with Crippen molar-refractivity contribution in [2.24, 2.45) is 13.0 Å². The summed E-state index contributed by atoms with van der Waals surface area (Å²) in [5, 5.41) is 3.04. The van der Waals surface area contributed by atoms with Gasteiger partial charge < -0.3 is 14.9 Å². The van der Waals surface area contributed by atoms with Gasteiger partial charge in [-0.2, -0.15) is 0 Å². The summed E-state index contributed by atoms with van der Waals surface area (Å²) < 4.78 is 1.96. The minimum absolute atomic E-state index is 0.0297. The summed E-state index contributed by atoms with van der Waals surface area (Å²) in [5.74, 6) is 1.57. The fourth-order valence-electron chi connectivity index (χ4n) is 2.24. The summed E-state index contributed by atoms with van der Waals surface area (Å²) in [6.07, 6.45) is 7.58. The summed E-state index contributed by atoms with van der Waals surface area (Å²) in [4.78, 5) is 23.5. The van der Waals surface area contributed by atoms with Crippen LogP contribution in [0.2, 0.25) is 0 Å². The molecular weight excluding hydrogens is 242 g/mol. The van der Waals surface area contributed by atoms with Gasteiger partial charge in [0.1, 0.15) is 5.82 Å². The van der Waals surface area contributed by atoms with E-state index in [1.54, 1.807) is 12.4 Å². The number of aromatic amines is 1. The number of imidazole rings is 2. The van der Waals surface area contributed by atoms with E-state index in [1.807, 2.05) is 24.7 Å². The van der Waals surface area contributed by atoms with Crippen LogP contribution >= 0.6 is 0 Å². The van der Waals surface area contributed by atoms with E-state index in [1.165, 1.54) is 0 Å². The van der Waals surface area contributed by atoms with Gasteiger partial charge in [-0.05, 0) is 25.7 Å². The molecule has 1 saturated carbocycles. The molecule has 1 fully saturated rings. The lowest BCUT2D eigenvalue weighted by molar-refractivity contribution is 0.0919. The highest BCUT2D eigenvalue weighted by Gasteiger charge is 2.36. The Kier molecular flexibility index (Phi) is 2.85. The largest absolute Gasteiger partial charge is 0.339 e. The number of H-pyrrole nitrogens is 1. The summed E-state index contributed by atoms with van der Waals surface area (Å²) >= 11 is 0. The minimum atomic E-state index is -0.173. The molecule has 1 aliphatic carbocycles. The van der Waals surface area contributed by atoms with Crippen molar-refractivity contribution in [1.29, 1.82) is 0 Å². The van der Waals surface area contributed by atoms with Crippen molar-refractivity contribution in [2.45, 2.75) is 25.8 Å². The molecule has 6 nitrogen and oxygen atoms in total. The van der Waals surface area contributed by atoms with Gasteiger partial charge in [-0.3, -0.25) is 4.79 Å². The normalized spacial score (nSPS) is 16.3. The number of rotatable bonds is 4. The third-order valence-electron chi connectivity index (χ3n) is 3.43. The Morgan fingerprint density at radius 2 is 2.32 bits per heavy atom. The molecule has 2 aromatic rings. The van der Waals surface area contributed by atoms with Crippen LogP contribution in [-0.2, 0) is 7.05 Å². The Morgan fingerprint density at radius 3 is 2.84 bits per heavy atom. The number of hydrogen-bond acceptors (Lipinski definition) is 3. The zero-order valence-corrected chi connectivity index (χ0v) is 11.1. The number of hydrogen-bond donors (Lipinski definition) is 2. The first-order chi connectivity index (χ1) is 9.15. The zero-order chi connectivity index (χ0) is 13.4. The zero-order valence-electron chi connectivity index (χ0n) is 11.1. The third-order valence-corrected chi connectivity index (χ3v) is 3.43. The molecule has 6 heteroatoms. The lowest BCUT2D eigenvalue weighted by Crippen LogP contribution is -2.32. The van der Waals surface area contributed by atoms with Gasteiger partial charge in [0, 0.05) is 31.3 Å². The highest BCUT2D eigenvalue weighted by Crippen LogP contribution is 2.40. The summed E-state index contributed by atoms with van der Waals surface area (Å²) in [6.45, 7) is 1.88. The van der Waals surface area contributed by atoms with E-state index in [0.29, 0.717) is 11.7 Å². The lowest BCUT2D eigenvalue weighted by Gasteiger charge is -2.17. The molecular formula is C13H17N5O. The van der Waals surface area contributed by atoms with Crippen molar-refractivity contribution in [3.63, 3.8) is 0 Å². The molecule has 0 unspecified atom stereocenters. The number of amides is 1. The van der Waals surface area contributed by atoms with Gasteiger partial charge in [0.25, 0.3) is 5.91 Å². The quantitative estimate of drug-likeness (QED) is 0.869. The van der Waals surface area contributed by atoms with Crippen LogP contribution in [0.1, 0.15) is 41.0 Å². The monoisotopic (exact) mass is 259 g/mol. The van der Waals surface area contributed by atoms with E-state index in [0.717, 1.165) is 24.4 Å². The first-order valence-electron chi connectivity index (χ1n) is 6.45. The van der Waals surface area contributed by atoms with E-state index in [4.69, 9.17) is 0 Å². The van der Waals surface area contributed by atoms with Crippen molar-refractivity contribution in [3.05, 3.63) is 35.9 Å². The molecule has 0 bridgehead atoms. The Balaban J connectivity index is 1.79. The number of aryl methyl sites for hydroxylation is 2. The van der Waals surface area contributed by atoms with Crippen LogP contribution in [0.5, 0.6) is 0 Å². The van der Waals surface area contributed by atoms with Crippen LogP contribution in [-0.4, -0.2) is 25.4 Å².